The second-order valence-electron chi connectivity index (χ2n) is 7.99. The number of hydrogen-bond acceptors (Lipinski definition) is 7. The van der Waals surface area contributed by atoms with Gasteiger partial charge in [0, 0.05) is 13.0 Å². The fraction of sp³-hybridized carbons (Fsp3) is 0.750. The number of imide groups is 1. The maximum Gasteiger partial charge on any atom is 0.416 e. The number of nitrogens with zero attached hydrogens (tertiary/aromatic N) is 1. The van der Waals surface area contributed by atoms with Crippen LogP contribution in [0.4, 0.5) is 4.79 Å². The van der Waals surface area contributed by atoms with Crippen molar-refractivity contribution in [1.29, 1.82) is 0 Å². The lowest BCUT2D eigenvalue weighted by molar-refractivity contribution is -0.217. The molecule has 2 aliphatic rings. The molecule has 0 aromatic carbocycles. The number of rotatable bonds is 9. The van der Waals surface area contributed by atoms with Crippen molar-refractivity contribution in [3.05, 3.63) is 10.6 Å². The first-order valence-electron chi connectivity index (χ1n) is 10.0. The number of carbonyl (C=O) groups is 3. The Balaban J connectivity index is 2.11. The van der Waals surface area contributed by atoms with Crippen molar-refractivity contribution in [2.24, 2.45) is 11.8 Å². The summed E-state index contributed by atoms with van der Waals surface area (Å²) in [5.74, 6) is -3.68. The van der Waals surface area contributed by atoms with E-state index in [1.54, 1.807) is 0 Å². The van der Waals surface area contributed by atoms with Crippen LogP contribution in [-0.4, -0.2) is 64.0 Å². The third kappa shape index (κ3) is 5.45. The number of cyclic esters (lactones) is 1. The molecule has 29 heavy (non-hydrogen) atoms. The van der Waals surface area contributed by atoms with Crippen LogP contribution in [0.15, 0.2) is 10.6 Å². The Morgan fingerprint density at radius 1 is 1.28 bits per heavy atom. The first-order chi connectivity index (χ1) is 13.6. The largest absolute Gasteiger partial charge is 0.447 e. The van der Waals surface area contributed by atoms with Crippen LogP contribution in [0.1, 0.15) is 52.9 Å². The number of carbonyl (C=O) groups excluding carboxylic acids is 3. The highest BCUT2D eigenvalue weighted by atomic mass is 79.9. The molecule has 0 bridgehead atoms. The molecule has 0 aromatic rings. The molecule has 2 aliphatic heterocycles. The molecule has 0 spiro atoms. The van der Waals surface area contributed by atoms with Gasteiger partial charge < -0.3 is 19.7 Å². The second kappa shape index (κ2) is 10.1. The number of unbranched alkanes of at least 4 members (excludes halogenated alkanes) is 3. The summed E-state index contributed by atoms with van der Waals surface area (Å²) in [7, 11) is 0. The lowest BCUT2D eigenvalue weighted by atomic mass is 9.93. The van der Waals surface area contributed by atoms with Crippen LogP contribution in [0.3, 0.4) is 0 Å². The van der Waals surface area contributed by atoms with Gasteiger partial charge in [0.05, 0.1) is 16.4 Å². The summed E-state index contributed by atoms with van der Waals surface area (Å²) in [6, 6.07) is -0.399. The van der Waals surface area contributed by atoms with Crippen molar-refractivity contribution < 1.29 is 34.1 Å². The zero-order valence-electron chi connectivity index (χ0n) is 17.1. The maximum atomic E-state index is 13.0. The molecule has 2 N–H and O–H groups in total. The molecule has 164 valence electrons. The van der Waals surface area contributed by atoms with E-state index in [1.807, 2.05) is 13.8 Å². The molecule has 0 saturated carbocycles. The number of hydrogen-bond donors (Lipinski definition) is 2. The minimum absolute atomic E-state index is 0.00506. The SMILES string of the molecule is CC(C)[C@@H]1COC(=O)N1C(=O)[C@H](C)[C@H]1O[C@@](O)(CCCCCCO)C(Br)=CC1=O. The standard InChI is InChI=1S/C20H30BrNO7/c1-12(2)14-11-28-19(26)22(14)18(25)13(3)17-15(24)10-16(21)20(27,29-17)8-6-4-5-7-9-23/h10,12-14,17,23,27H,4-9,11H2,1-3H3/t13-,14+,17-,20+/m1/s1. The average Bonchev–Trinajstić information content (AvgIpc) is 3.05. The first kappa shape index (κ1) is 24.0. The number of ketones is 1. The van der Waals surface area contributed by atoms with E-state index in [2.05, 4.69) is 15.9 Å². The Bertz CT molecular complexity index is 665. The molecule has 2 rings (SSSR count). The minimum atomic E-state index is -1.71. The van der Waals surface area contributed by atoms with Crippen LogP contribution < -0.4 is 0 Å². The number of amides is 2. The number of halogens is 1. The summed E-state index contributed by atoms with van der Waals surface area (Å²) in [5.41, 5.74) is 0. The summed E-state index contributed by atoms with van der Waals surface area (Å²) in [6.07, 6.45) is 2.47. The zero-order chi connectivity index (χ0) is 21.8. The molecule has 1 fully saturated rings. The van der Waals surface area contributed by atoms with E-state index in [4.69, 9.17) is 14.6 Å². The smallest absolute Gasteiger partial charge is 0.416 e. The van der Waals surface area contributed by atoms with Gasteiger partial charge in [-0.1, -0.05) is 33.6 Å². The van der Waals surface area contributed by atoms with E-state index in [-0.39, 0.29) is 30.0 Å². The van der Waals surface area contributed by atoms with Crippen molar-refractivity contribution in [2.45, 2.75) is 70.8 Å². The molecular weight excluding hydrogens is 446 g/mol. The second-order valence-corrected chi connectivity index (χ2v) is 8.84. The topological polar surface area (TPSA) is 113 Å². The molecule has 8 nitrogen and oxygen atoms in total. The maximum absolute atomic E-state index is 13.0. The Morgan fingerprint density at radius 2 is 1.93 bits per heavy atom. The highest BCUT2D eigenvalue weighted by Gasteiger charge is 2.48. The quantitative estimate of drug-likeness (QED) is 0.492. The summed E-state index contributed by atoms with van der Waals surface area (Å²) in [4.78, 5) is 38.6. The third-order valence-electron chi connectivity index (χ3n) is 5.42. The molecule has 9 heteroatoms. The van der Waals surface area contributed by atoms with Gasteiger partial charge in [0.15, 0.2) is 11.6 Å². The first-order valence-corrected chi connectivity index (χ1v) is 10.8. The monoisotopic (exact) mass is 475 g/mol. The van der Waals surface area contributed by atoms with Crippen molar-refractivity contribution in [1.82, 2.24) is 4.90 Å². The van der Waals surface area contributed by atoms with Gasteiger partial charge in [0.1, 0.15) is 12.7 Å². The predicted octanol–water partition coefficient (Wildman–Crippen LogP) is 2.50. The van der Waals surface area contributed by atoms with Crippen molar-refractivity contribution >= 4 is 33.7 Å². The molecule has 0 aromatic heterocycles. The lowest BCUT2D eigenvalue weighted by Gasteiger charge is -2.38. The van der Waals surface area contributed by atoms with Crippen molar-refractivity contribution in [3.63, 3.8) is 0 Å². The average molecular weight is 476 g/mol. The van der Waals surface area contributed by atoms with Crippen LogP contribution >= 0.6 is 15.9 Å². The molecule has 2 heterocycles. The molecule has 2 amide bonds. The van der Waals surface area contributed by atoms with Crippen LogP contribution in [0, 0.1) is 11.8 Å². The van der Waals surface area contributed by atoms with Gasteiger partial charge in [-0.3, -0.25) is 9.59 Å². The highest BCUT2D eigenvalue weighted by molar-refractivity contribution is 9.11. The lowest BCUT2D eigenvalue weighted by Crippen LogP contribution is -2.52. The van der Waals surface area contributed by atoms with Crippen LogP contribution in [0.25, 0.3) is 0 Å². The van der Waals surface area contributed by atoms with E-state index < -0.39 is 41.6 Å². The van der Waals surface area contributed by atoms with E-state index in [9.17, 15) is 19.5 Å². The van der Waals surface area contributed by atoms with E-state index in [0.717, 1.165) is 17.7 Å². The predicted molar refractivity (Wildman–Crippen MR) is 108 cm³/mol. The number of aliphatic hydroxyl groups is 2. The van der Waals surface area contributed by atoms with E-state index in [0.29, 0.717) is 12.8 Å². The molecule has 4 atom stereocenters. The van der Waals surface area contributed by atoms with Gasteiger partial charge in [0.2, 0.25) is 5.91 Å². The summed E-state index contributed by atoms with van der Waals surface area (Å²) in [5, 5.41) is 19.8. The van der Waals surface area contributed by atoms with Gasteiger partial charge >= 0.3 is 6.09 Å². The van der Waals surface area contributed by atoms with Crippen LogP contribution in [0.5, 0.6) is 0 Å². The molecule has 0 radical (unpaired) electrons. The molecule has 1 saturated heterocycles. The number of aliphatic hydroxyl groups excluding tert-OH is 1. The molecular formula is C20H30BrNO7. The molecule has 0 unspecified atom stereocenters. The fourth-order valence-electron chi connectivity index (χ4n) is 3.53. The third-order valence-corrected chi connectivity index (χ3v) is 6.27. The summed E-state index contributed by atoms with van der Waals surface area (Å²) in [6.45, 7) is 5.53. The van der Waals surface area contributed by atoms with Crippen molar-refractivity contribution in [3.8, 4) is 0 Å². The summed E-state index contributed by atoms with van der Waals surface area (Å²) < 4.78 is 11.0. The normalized spacial score (nSPS) is 28.5. The molecule has 0 aliphatic carbocycles. The van der Waals surface area contributed by atoms with Gasteiger partial charge in [-0.25, -0.2) is 9.69 Å². The van der Waals surface area contributed by atoms with Gasteiger partial charge in [-0.2, -0.15) is 0 Å². The minimum Gasteiger partial charge on any atom is -0.447 e. The van der Waals surface area contributed by atoms with Gasteiger partial charge in [-0.05, 0) is 40.8 Å². The number of ether oxygens (including phenoxy) is 2. The summed E-state index contributed by atoms with van der Waals surface area (Å²) >= 11 is 3.21. The van der Waals surface area contributed by atoms with Gasteiger partial charge in [0.25, 0.3) is 0 Å². The Labute approximate surface area is 179 Å². The van der Waals surface area contributed by atoms with Crippen LogP contribution in [0.2, 0.25) is 0 Å². The zero-order valence-corrected chi connectivity index (χ0v) is 18.7. The van der Waals surface area contributed by atoms with E-state index in [1.165, 1.54) is 13.0 Å². The van der Waals surface area contributed by atoms with Gasteiger partial charge in [-0.15, -0.1) is 0 Å². The Kier molecular flexibility index (Phi) is 8.39. The van der Waals surface area contributed by atoms with Crippen molar-refractivity contribution in [2.75, 3.05) is 13.2 Å². The van der Waals surface area contributed by atoms with Crippen LogP contribution in [-0.2, 0) is 19.1 Å². The Morgan fingerprint density at radius 3 is 2.55 bits per heavy atom. The Hall–Kier alpha value is -1.29. The fourth-order valence-corrected chi connectivity index (χ4v) is 4.05. The van der Waals surface area contributed by atoms with E-state index >= 15 is 0 Å². The highest BCUT2D eigenvalue weighted by Crippen LogP contribution is 2.37.